The Hall–Kier alpha value is -1.46. The molecule has 5 nitrogen and oxygen atoms in total. The molecule has 0 aliphatic carbocycles. The van der Waals surface area contributed by atoms with Gasteiger partial charge in [0.15, 0.2) is 5.65 Å². The number of piperidine rings is 1. The third-order valence-electron chi connectivity index (χ3n) is 4.76. The van der Waals surface area contributed by atoms with Crippen molar-refractivity contribution in [1.29, 1.82) is 0 Å². The van der Waals surface area contributed by atoms with Gasteiger partial charge in [0.05, 0.1) is 0 Å². The monoisotopic (exact) mass is 285 g/mol. The molecule has 2 aliphatic heterocycles. The first-order valence-corrected chi connectivity index (χ1v) is 8.17. The molecule has 21 heavy (non-hydrogen) atoms. The molecule has 2 saturated heterocycles. The Bertz CT molecular complexity index is 608. The summed E-state index contributed by atoms with van der Waals surface area (Å²) in [5, 5.41) is 7.11. The molecule has 2 aromatic rings. The highest BCUT2D eigenvalue weighted by molar-refractivity contribution is 5.71. The number of nitrogens with one attached hydrogen (secondary N) is 2. The minimum absolute atomic E-state index is 0.523. The SMILES string of the molecule is c1cnc2c(c1)nc(C1CCCNC1)n2CC1CCCN1. The van der Waals surface area contributed by atoms with Crippen LogP contribution in [0.25, 0.3) is 11.2 Å². The first-order valence-electron chi connectivity index (χ1n) is 8.17. The summed E-state index contributed by atoms with van der Waals surface area (Å²) in [7, 11) is 0. The van der Waals surface area contributed by atoms with Gasteiger partial charge in [0.25, 0.3) is 0 Å². The molecule has 0 amide bonds. The normalized spacial score (nSPS) is 26.5. The van der Waals surface area contributed by atoms with Crippen molar-refractivity contribution in [2.24, 2.45) is 0 Å². The number of nitrogens with zero attached hydrogens (tertiary/aromatic N) is 3. The van der Waals surface area contributed by atoms with Crippen molar-refractivity contribution >= 4 is 11.2 Å². The van der Waals surface area contributed by atoms with Crippen LogP contribution in [0.3, 0.4) is 0 Å². The number of hydrogen-bond donors (Lipinski definition) is 2. The average Bonchev–Trinajstić information content (AvgIpc) is 3.17. The maximum absolute atomic E-state index is 4.91. The average molecular weight is 285 g/mol. The lowest BCUT2D eigenvalue weighted by atomic mass is 9.99. The van der Waals surface area contributed by atoms with Crippen LogP contribution in [0.4, 0.5) is 0 Å². The van der Waals surface area contributed by atoms with Crippen LogP contribution in [0, 0.1) is 0 Å². The molecule has 2 fully saturated rings. The second-order valence-electron chi connectivity index (χ2n) is 6.26. The van der Waals surface area contributed by atoms with E-state index in [0.29, 0.717) is 12.0 Å². The molecule has 2 aliphatic rings. The molecular formula is C16H23N5. The highest BCUT2D eigenvalue weighted by Crippen LogP contribution is 2.26. The molecule has 0 saturated carbocycles. The van der Waals surface area contributed by atoms with Gasteiger partial charge in [0.2, 0.25) is 0 Å². The van der Waals surface area contributed by atoms with Crippen LogP contribution in [0.2, 0.25) is 0 Å². The maximum atomic E-state index is 4.91. The Morgan fingerprint density at radius 2 is 2.19 bits per heavy atom. The molecule has 5 heteroatoms. The minimum atomic E-state index is 0.523. The summed E-state index contributed by atoms with van der Waals surface area (Å²) in [4.78, 5) is 9.50. The molecular weight excluding hydrogens is 262 g/mol. The lowest BCUT2D eigenvalue weighted by Crippen LogP contribution is -2.32. The van der Waals surface area contributed by atoms with E-state index >= 15 is 0 Å². The van der Waals surface area contributed by atoms with Crippen molar-refractivity contribution in [2.45, 2.75) is 44.2 Å². The zero-order chi connectivity index (χ0) is 14.1. The molecule has 0 spiro atoms. The summed E-state index contributed by atoms with van der Waals surface area (Å²) in [6.07, 6.45) is 6.89. The number of hydrogen-bond acceptors (Lipinski definition) is 4. The van der Waals surface area contributed by atoms with Gasteiger partial charge in [-0.05, 0) is 50.9 Å². The zero-order valence-corrected chi connectivity index (χ0v) is 12.4. The molecule has 112 valence electrons. The summed E-state index contributed by atoms with van der Waals surface area (Å²) in [6.45, 7) is 4.32. The quantitative estimate of drug-likeness (QED) is 0.900. The Labute approximate surface area is 125 Å². The summed E-state index contributed by atoms with van der Waals surface area (Å²) in [6, 6.07) is 4.64. The van der Waals surface area contributed by atoms with E-state index in [2.05, 4.69) is 26.3 Å². The van der Waals surface area contributed by atoms with E-state index < -0.39 is 0 Å². The third-order valence-corrected chi connectivity index (χ3v) is 4.76. The summed E-state index contributed by atoms with van der Waals surface area (Å²) >= 11 is 0. The van der Waals surface area contributed by atoms with Gasteiger partial charge in [-0.1, -0.05) is 0 Å². The fraction of sp³-hybridized carbons (Fsp3) is 0.625. The van der Waals surface area contributed by atoms with Crippen molar-refractivity contribution in [2.75, 3.05) is 19.6 Å². The van der Waals surface area contributed by atoms with E-state index in [1.807, 2.05) is 12.3 Å². The van der Waals surface area contributed by atoms with Gasteiger partial charge in [-0.25, -0.2) is 9.97 Å². The Morgan fingerprint density at radius 1 is 1.24 bits per heavy atom. The van der Waals surface area contributed by atoms with Crippen LogP contribution < -0.4 is 10.6 Å². The van der Waals surface area contributed by atoms with Crippen molar-refractivity contribution in [3.63, 3.8) is 0 Å². The van der Waals surface area contributed by atoms with E-state index in [-0.39, 0.29) is 0 Å². The van der Waals surface area contributed by atoms with Gasteiger partial charge in [-0.3, -0.25) is 0 Å². The Kier molecular flexibility index (Phi) is 3.61. The molecule has 0 aromatic carbocycles. The zero-order valence-electron chi connectivity index (χ0n) is 12.4. The topological polar surface area (TPSA) is 54.8 Å². The number of fused-ring (bicyclic) bond motifs is 1. The minimum Gasteiger partial charge on any atom is -0.316 e. The summed E-state index contributed by atoms with van der Waals surface area (Å²) in [5.74, 6) is 1.75. The summed E-state index contributed by atoms with van der Waals surface area (Å²) < 4.78 is 2.37. The second-order valence-corrected chi connectivity index (χ2v) is 6.26. The van der Waals surface area contributed by atoms with Gasteiger partial charge in [-0.2, -0.15) is 0 Å². The van der Waals surface area contributed by atoms with Crippen molar-refractivity contribution in [1.82, 2.24) is 25.2 Å². The standard InChI is InChI=1S/C16H23N5/c1-4-12(10-17-7-1)15-20-14-6-3-9-19-16(14)21(15)11-13-5-2-8-18-13/h3,6,9,12-13,17-18H,1-2,4-5,7-8,10-11H2. The van der Waals surface area contributed by atoms with Crippen LogP contribution in [0.15, 0.2) is 18.3 Å². The Morgan fingerprint density at radius 3 is 3.00 bits per heavy atom. The molecule has 4 rings (SSSR count). The maximum Gasteiger partial charge on any atom is 0.160 e. The smallest absolute Gasteiger partial charge is 0.160 e. The molecule has 2 N–H and O–H groups in total. The van der Waals surface area contributed by atoms with Crippen LogP contribution in [-0.4, -0.2) is 40.2 Å². The van der Waals surface area contributed by atoms with Crippen LogP contribution in [0.1, 0.15) is 37.4 Å². The first-order chi connectivity index (χ1) is 10.4. The molecule has 0 bridgehead atoms. The molecule has 0 radical (unpaired) electrons. The lowest BCUT2D eigenvalue weighted by molar-refractivity contribution is 0.420. The highest BCUT2D eigenvalue weighted by atomic mass is 15.2. The second kappa shape index (κ2) is 5.73. The van der Waals surface area contributed by atoms with Gasteiger partial charge >= 0.3 is 0 Å². The number of aromatic nitrogens is 3. The van der Waals surface area contributed by atoms with Gasteiger partial charge in [0.1, 0.15) is 11.3 Å². The fourth-order valence-corrected chi connectivity index (χ4v) is 3.67. The van der Waals surface area contributed by atoms with E-state index in [1.54, 1.807) is 0 Å². The van der Waals surface area contributed by atoms with E-state index in [9.17, 15) is 0 Å². The third kappa shape index (κ3) is 2.56. The number of imidazole rings is 1. The highest BCUT2D eigenvalue weighted by Gasteiger charge is 2.25. The van der Waals surface area contributed by atoms with Crippen molar-refractivity contribution in [3.8, 4) is 0 Å². The van der Waals surface area contributed by atoms with Crippen molar-refractivity contribution < 1.29 is 0 Å². The Balaban J connectivity index is 1.72. The molecule has 2 aromatic heterocycles. The van der Waals surface area contributed by atoms with Crippen LogP contribution in [-0.2, 0) is 6.54 Å². The van der Waals surface area contributed by atoms with Crippen LogP contribution in [0.5, 0.6) is 0 Å². The fourth-order valence-electron chi connectivity index (χ4n) is 3.67. The van der Waals surface area contributed by atoms with E-state index in [0.717, 1.165) is 37.3 Å². The molecule has 4 heterocycles. The van der Waals surface area contributed by atoms with Gasteiger partial charge in [0, 0.05) is 31.2 Å². The van der Waals surface area contributed by atoms with Gasteiger partial charge in [-0.15, -0.1) is 0 Å². The predicted octanol–water partition coefficient (Wildman–Crippen LogP) is 1.65. The van der Waals surface area contributed by atoms with E-state index in [1.165, 1.54) is 31.5 Å². The van der Waals surface area contributed by atoms with Gasteiger partial charge < -0.3 is 15.2 Å². The number of pyridine rings is 1. The molecule has 2 atom stereocenters. The summed E-state index contributed by atoms with van der Waals surface area (Å²) in [5.41, 5.74) is 2.09. The van der Waals surface area contributed by atoms with E-state index in [4.69, 9.17) is 4.98 Å². The number of rotatable bonds is 3. The predicted molar refractivity (Wildman–Crippen MR) is 83.4 cm³/mol. The first kappa shape index (κ1) is 13.2. The van der Waals surface area contributed by atoms with Crippen molar-refractivity contribution in [3.05, 3.63) is 24.2 Å². The van der Waals surface area contributed by atoms with Crippen LogP contribution >= 0.6 is 0 Å². The lowest BCUT2D eigenvalue weighted by Gasteiger charge is -2.24. The largest absolute Gasteiger partial charge is 0.316 e. The molecule has 2 unspecified atom stereocenters.